The molecule has 0 aliphatic carbocycles. The van der Waals surface area contributed by atoms with Crippen LogP contribution in [0.3, 0.4) is 0 Å². The number of hydrogen-bond acceptors (Lipinski definition) is 8. The average Bonchev–Trinajstić information content (AvgIpc) is 3.18. The van der Waals surface area contributed by atoms with Crippen molar-refractivity contribution < 1.29 is 47.8 Å². The third-order valence-electron chi connectivity index (χ3n) is 9.03. The molecule has 0 aromatic carbocycles. The average molecular weight is 824 g/mol. The lowest BCUT2D eigenvalue weighted by molar-refractivity contribution is -0.147. The van der Waals surface area contributed by atoms with E-state index in [1.54, 1.807) is 0 Å². The number of carbonyl (C=O) groups is 3. The van der Waals surface area contributed by atoms with Crippen LogP contribution in [0.4, 0.5) is 0 Å². The summed E-state index contributed by atoms with van der Waals surface area (Å²) in [7, 11) is -4.76. The van der Waals surface area contributed by atoms with Crippen LogP contribution in [0, 0.1) is 0 Å². The maximum Gasteiger partial charge on any atom is 0.472 e. The van der Waals surface area contributed by atoms with Crippen molar-refractivity contribution >= 4 is 25.7 Å². The molecular weight excluding hydrogens is 745 g/mol. The normalized spacial score (nSPS) is 14.3. The number of hydrogen-bond donors (Lipinski definition) is 4. The highest BCUT2D eigenvalue weighted by Gasteiger charge is 2.28. The summed E-state index contributed by atoms with van der Waals surface area (Å²) in [5, 5.41) is 21.8. The van der Waals surface area contributed by atoms with Crippen LogP contribution in [0.2, 0.25) is 0 Å². The fourth-order valence-electron chi connectivity index (χ4n) is 5.59. The number of nitrogens with one attached hydrogen (secondary N) is 1. The van der Waals surface area contributed by atoms with Gasteiger partial charge in [-0.2, -0.15) is 0 Å². The zero-order chi connectivity index (χ0) is 42.1. The number of aliphatic hydroxyl groups is 1. The molecule has 328 valence electrons. The van der Waals surface area contributed by atoms with Crippen LogP contribution < -0.4 is 5.32 Å². The molecule has 0 radical (unpaired) electrons. The molecule has 11 nitrogen and oxygen atoms in total. The van der Waals surface area contributed by atoms with Crippen molar-refractivity contribution in [2.45, 2.75) is 187 Å². The SMILES string of the molecule is CCCCC/C=C\C/C=C\C/C=C\C/C=C\CCCCCCCC(=O)OCC(O)COP(=O)(O)OCC(NC(=O)CCCCCCC/C=C\CCCCC)C(=O)O. The first-order valence-electron chi connectivity index (χ1n) is 21.8. The summed E-state index contributed by atoms with van der Waals surface area (Å²) in [6.45, 7) is 2.49. The van der Waals surface area contributed by atoms with Gasteiger partial charge in [0, 0.05) is 12.8 Å². The van der Waals surface area contributed by atoms with Gasteiger partial charge in [0.1, 0.15) is 12.7 Å². The molecule has 12 heteroatoms. The summed E-state index contributed by atoms with van der Waals surface area (Å²) in [5.74, 6) is -2.41. The molecule has 0 rings (SSSR count). The summed E-state index contributed by atoms with van der Waals surface area (Å²) in [6.07, 6.45) is 45.3. The molecule has 0 bridgehead atoms. The number of aliphatic hydroxyl groups excluding tert-OH is 1. The lowest BCUT2D eigenvalue weighted by Gasteiger charge is -2.18. The number of carbonyl (C=O) groups excluding carboxylic acids is 2. The third-order valence-corrected chi connectivity index (χ3v) is 9.98. The molecule has 0 spiro atoms. The van der Waals surface area contributed by atoms with E-state index < -0.39 is 57.6 Å². The van der Waals surface area contributed by atoms with Crippen molar-refractivity contribution in [2.24, 2.45) is 0 Å². The van der Waals surface area contributed by atoms with E-state index in [2.05, 4.69) is 79.9 Å². The molecular formula is C45H78NO10P. The number of phosphoric acid groups is 1. The van der Waals surface area contributed by atoms with Crippen LogP contribution in [-0.4, -0.2) is 64.9 Å². The van der Waals surface area contributed by atoms with Crippen LogP contribution in [0.1, 0.15) is 174 Å². The van der Waals surface area contributed by atoms with Crippen molar-refractivity contribution in [2.75, 3.05) is 19.8 Å². The Hall–Kier alpha value is -2.82. The van der Waals surface area contributed by atoms with Gasteiger partial charge in [-0.25, -0.2) is 9.36 Å². The Morgan fingerprint density at radius 2 is 0.965 bits per heavy atom. The molecule has 57 heavy (non-hydrogen) atoms. The van der Waals surface area contributed by atoms with Gasteiger partial charge in [0.05, 0.1) is 13.2 Å². The highest BCUT2D eigenvalue weighted by Crippen LogP contribution is 2.43. The van der Waals surface area contributed by atoms with E-state index in [-0.39, 0.29) is 12.8 Å². The predicted octanol–water partition coefficient (Wildman–Crippen LogP) is 11.2. The number of esters is 1. The van der Waals surface area contributed by atoms with Gasteiger partial charge in [0.2, 0.25) is 5.91 Å². The van der Waals surface area contributed by atoms with Gasteiger partial charge < -0.3 is 25.2 Å². The molecule has 4 N–H and O–H groups in total. The van der Waals surface area contributed by atoms with Crippen molar-refractivity contribution in [3.63, 3.8) is 0 Å². The summed E-state index contributed by atoms with van der Waals surface area (Å²) in [6, 6.07) is -1.55. The molecule has 1 amide bonds. The second kappa shape index (κ2) is 40.0. The van der Waals surface area contributed by atoms with Crippen LogP contribution in [0.15, 0.2) is 60.8 Å². The second-order valence-electron chi connectivity index (χ2n) is 14.5. The third kappa shape index (κ3) is 39.8. The first kappa shape index (κ1) is 54.2. The van der Waals surface area contributed by atoms with E-state index >= 15 is 0 Å². The molecule has 0 aliphatic rings. The monoisotopic (exact) mass is 824 g/mol. The molecule has 0 saturated heterocycles. The maximum atomic E-state index is 12.3. The molecule has 0 heterocycles. The number of allylic oxidation sites excluding steroid dienone is 10. The van der Waals surface area contributed by atoms with Gasteiger partial charge in [-0.1, -0.05) is 139 Å². The first-order valence-corrected chi connectivity index (χ1v) is 23.3. The minimum Gasteiger partial charge on any atom is -0.480 e. The van der Waals surface area contributed by atoms with Crippen LogP contribution in [-0.2, 0) is 32.7 Å². The minimum absolute atomic E-state index is 0.132. The number of rotatable bonds is 40. The Labute approximate surface area is 345 Å². The zero-order valence-electron chi connectivity index (χ0n) is 35.4. The Morgan fingerprint density at radius 1 is 0.561 bits per heavy atom. The number of carboxylic acid groups (broad SMARTS) is 1. The first-order chi connectivity index (χ1) is 27.6. The van der Waals surface area contributed by atoms with Crippen LogP contribution in [0.25, 0.3) is 0 Å². The molecule has 3 unspecified atom stereocenters. The Morgan fingerprint density at radius 3 is 1.46 bits per heavy atom. The minimum atomic E-state index is -4.76. The predicted molar refractivity (Wildman–Crippen MR) is 231 cm³/mol. The molecule has 0 aromatic rings. The highest BCUT2D eigenvalue weighted by molar-refractivity contribution is 7.47. The number of phosphoric ester groups is 1. The number of unbranched alkanes of at least 4 members (excludes halogenated alkanes) is 16. The molecule has 0 aromatic heterocycles. The lowest BCUT2D eigenvalue weighted by atomic mass is 10.1. The van der Waals surface area contributed by atoms with Gasteiger partial charge in [0.25, 0.3) is 0 Å². The number of aliphatic carboxylic acids is 1. The van der Waals surface area contributed by atoms with Gasteiger partial charge in [-0.05, 0) is 83.5 Å². The summed E-state index contributed by atoms with van der Waals surface area (Å²) in [4.78, 5) is 45.8. The number of amides is 1. The number of carboxylic acids is 1. The van der Waals surface area contributed by atoms with E-state index in [4.69, 9.17) is 13.8 Å². The number of ether oxygens (including phenoxy) is 1. The van der Waals surface area contributed by atoms with E-state index in [0.717, 1.165) is 89.9 Å². The Balaban J connectivity index is 3.93. The van der Waals surface area contributed by atoms with Gasteiger partial charge in [-0.15, -0.1) is 0 Å². The van der Waals surface area contributed by atoms with Crippen molar-refractivity contribution in [1.29, 1.82) is 0 Å². The van der Waals surface area contributed by atoms with Crippen LogP contribution >= 0.6 is 7.82 Å². The van der Waals surface area contributed by atoms with Crippen LogP contribution in [0.5, 0.6) is 0 Å². The lowest BCUT2D eigenvalue weighted by Crippen LogP contribution is -2.43. The summed E-state index contributed by atoms with van der Waals surface area (Å²) in [5.41, 5.74) is 0. The molecule has 0 aliphatic heterocycles. The standard InChI is InChI=1S/C45H78NO10P/c1-3-5-7-9-11-13-15-17-18-19-20-21-22-23-24-25-27-29-31-33-35-37-44(49)54-38-41(47)39-55-57(52,53)56-40-42(45(50)51)46-43(48)36-34-32-30-28-26-16-14-12-10-8-6-4-2/h11-14,17-18,20-21,23-24,41-42,47H,3-10,15-16,19,22,25-40H2,1-2H3,(H,46,48)(H,50,51)(H,52,53)/b13-11-,14-12-,18-17-,21-20-,24-23-. The molecule has 0 saturated carbocycles. The van der Waals surface area contributed by atoms with Crippen molar-refractivity contribution in [3.8, 4) is 0 Å². The summed E-state index contributed by atoms with van der Waals surface area (Å²) >= 11 is 0. The van der Waals surface area contributed by atoms with E-state index in [0.29, 0.717) is 12.8 Å². The Kier molecular flexibility index (Phi) is 38.0. The quantitative estimate of drug-likeness (QED) is 0.0202. The van der Waals surface area contributed by atoms with E-state index in [1.807, 2.05) is 0 Å². The maximum absolute atomic E-state index is 12.3. The van der Waals surface area contributed by atoms with Gasteiger partial charge >= 0.3 is 19.8 Å². The van der Waals surface area contributed by atoms with Gasteiger partial charge in [-0.3, -0.25) is 18.6 Å². The van der Waals surface area contributed by atoms with E-state index in [1.165, 1.54) is 44.9 Å². The smallest absolute Gasteiger partial charge is 0.472 e. The van der Waals surface area contributed by atoms with Crippen molar-refractivity contribution in [1.82, 2.24) is 5.32 Å². The summed E-state index contributed by atoms with van der Waals surface area (Å²) < 4.78 is 26.8. The second-order valence-corrected chi connectivity index (χ2v) is 16.0. The fourth-order valence-corrected chi connectivity index (χ4v) is 6.36. The Bertz CT molecular complexity index is 1200. The topological polar surface area (TPSA) is 169 Å². The van der Waals surface area contributed by atoms with E-state index in [9.17, 15) is 34.1 Å². The largest absolute Gasteiger partial charge is 0.480 e. The zero-order valence-corrected chi connectivity index (χ0v) is 36.3. The molecule has 0 fully saturated rings. The molecule has 3 atom stereocenters. The van der Waals surface area contributed by atoms with Gasteiger partial charge in [0.15, 0.2) is 6.04 Å². The highest BCUT2D eigenvalue weighted by atomic mass is 31.2. The fraction of sp³-hybridized carbons (Fsp3) is 0.711. The van der Waals surface area contributed by atoms with Crippen molar-refractivity contribution in [3.05, 3.63) is 60.8 Å².